The molecule has 1 aliphatic rings. The van der Waals surface area contributed by atoms with Gasteiger partial charge in [-0.15, -0.1) is 0 Å². The zero-order valence-corrected chi connectivity index (χ0v) is 12.8. The predicted molar refractivity (Wildman–Crippen MR) is 88.6 cm³/mol. The number of nitrogen functional groups attached to an aromatic ring is 1. The van der Waals surface area contributed by atoms with Crippen molar-refractivity contribution >= 4 is 34.4 Å². The number of anilines is 1. The zero-order valence-electron chi connectivity index (χ0n) is 12.0. The van der Waals surface area contributed by atoms with Crippen LogP contribution in [0.3, 0.4) is 0 Å². The minimum absolute atomic E-state index is 0.0498. The SMILES string of the molecule is CSC1CCCC1NC(=O)c1cc(N)nc2ccccc12. The molecule has 0 spiro atoms. The van der Waals surface area contributed by atoms with Gasteiger partial charge in [0.1, 0.15) is 5.82 Å². The first-order valence-electron chi connectivity index (χ1n) is 7.18. The number of aromatic nitrogens is 1. The second-order valence-electron chi connectivity index (χ2n) is 5.40. The van der Waals surface area contributed by atoms with Crippen LogP contribution in [0.5, 0.6) is 0 Å². The van der Waals surface area contributed by atoms with E-state index in [0.717, 1.165) is 17.3 Å². The lowest BCUT2D eigenvalue weighted by Gasteiger charge is -2.19. The number of nitrogens with zero attached hydrogens (tertiary/aromatic N) is 1. The third kappa shape index (κ3) is 2.83. The van der Waals surface area contributed by atoms with Gasteiger partial charge in [-0.3, -0.25) is 4.79 Å². The van der Waals surface area contributed by atoms with E-state index in [9.17, 15) is 4.79 Å². The van der Waals surface area contributed by atoms with Gasteiger partial charge in [-0.25, -0.2) is 4.98 Å². The molecule has 110 valence electrons. The molecule has 1 heterocycles. The summed E-state index contributed by atoms with van der Waals surface area (Å²) in [6.07, 6.45) is 5.51. The number of benzene rings is 1. The molecule has 0 saturated heterocycles. The monoisotopic (exact) mass is 301 g/mol. The molecule has 2 aromatic rings. The van der Waals surface area contributed by atoms with Crippen LogP contribution in [0.25, 0.3) is 10.9 Å². The Morgan fingerprint density at radius 3 is 3.00 bits per heavy atom. The fraction of sp³-hybridized carbons (Fsp3) is 0.375. The summed E-state index contributed by atoms with van der Waals surface area (Å²) in [7, 11) is 0. The van der Waals surface area contributed by atoms with Crippen LogP contribution in [-0.4, -0.2) is 28.4 Å². The summed E-state index contributed by atoms with van der Waals surface area (Å²) in [5, 5.41) is 4.54. The molecule has 0 bridgehead atoms. The van der Waals surface area contributed by atoms with Crippen molar-refractivity contribution in [1.82, 2.24) is 10.3 Å². The standard InChI is InChI=1S/C16H19N3OS/c1-21-14-8-4-7-13(14)19-16(20)11-9-15(17)18-12-6-3-2-5-10(11)12/h2-3,5-6,9,13-14H,4,7-8H2,1H3,(H2,17,18)(H,19,20). The molecule has 1 amide bonds. The molecule has 0 radical (unpaired) electrons. The highest BCUT2D eigenvalue weighted by Crippen LogP contribution is 2.29. The lowest BCUT2D eigenvalue weighted by molar-refractivity contribution is 0.0940. The Hall–Kier alpha value is -1.75. The van der Waals surface area contributed by atoms with Gasteiger partial charge in [-0.2, -0.15) is 11.8 Å². The van der Waals surface area contributed by atoms with E-state index in [1.807, 2.05) is 36.0 Å². The van der Waals surface area contributed by atoms with Crippen LogP contribution in [0.1, 0.15) is 29.6 Å². The van der Waals surface area contributed by atoms with Gasteiger partial charge < -0.3 is 11.1 Å². The van der Waals surface area contributed by atoms with Crippen molar-refractivity contribution in [2.45, 2.75) is 30.6 Å². The maximum absolute atomic E-state index is 12.6. The highest BCUT2D eigenvalue weighted by Gasteiger charge is 2.28. The topological polar surface area (TPSA) is 68.0 Å². The van der Waals surface area contributed by atoms with E-state index in [4.69, 9.17) is 5.73 Å². The number of thioether (sulfide) groups is 1. The molecule has 0 aliphatic heterocycles. The van der Waals surface area contributed by atoms with E-state index in [0.29, 0.717) is 16.6 Å². The Kier molecular flexibility index (Phi) is 4.01. The number of pyridine rings is 1. The summed E-state index contributed by atoms with van der Waals surface area (Å²) in [6.45, 7) is 0. The van der Waals surface area contributed by atoms with E-state index in [1.54, 1.807) is 6.07 Å². The van der Waals surface area contributed by atoms with Crippen molar-refractivity contribution in [3.63, 3.8) is 0 Å². The van der Waals surface area contributed by atoms with Crippen LogP contribution in [0.15, 0.2) is 30.3 Å². The molecule has 1 aliphatic carbocycles. The Bertz CT molecular complexity index is 674. The average Bonchev–Trinajstić information content (AvgIpc) is 2.93. The van der Waals surface area contributed by atoms with Crippen LogP contribution in [0.2, 0.25) is 0 Å². The predicted octanol–water partition coefficient (Wildman–Crippen LogP) is 2.83. The van der Waals surface area contributed by atoms with E-state index < -0.39 is 0 Å². The minimum atomic E-state index is -0.0498. The van der Waals surface area contributed by atoms with E-state index in [2.05, 4.69) is 16.6 Å². The molecule has 4 nitrogen and oxygen atoms in total. The molecular weight excluding hydrogens is 282 g/mol. The number of hydrogen-bond donors (Lipinski definition) is 2. The number of nitrogens with two attached hydrogens (primary N) is 1. The van der Waals surface area contributed by atoms with Crippen LogP contribution in [0, 0.1) is 0 Å². The number of carbonyl (C=O) groups is 1. The highest BCUT2D eigenvalue weighted by molar-refractivity contribution is 7.99. The van der Waals surface area contributed by atoms with Crippen molar-refractivity contribution in [2.75, 3.05) is 12.0 Å². The molecule has 21 heavy (non-hydrogen) atoms. The fourth-order valence-corrected chi connectivity index (χ4v) is 3.94. The molecule has 1 aromatic carbocycles. The first-order chi connectivity index (χ1) is 10.2. The molecule has 1 saturated carbocycles. The Labute approximate surface area is 128 Å². The molecule has 5 heteroatoms. The van der Waals surface area contributed by atoms with E-state index in [1.165, 1.54) is 12.8 Å². The molecule has 2 unspecified atom stereocenters. The summed E-state index contributed by atoms with van der Waals surface area (Å²) in [5.41, 5.74) is 7.20. The van der Waals surface area contributed by atoms with Crippen molar-refractivity contribution < 1.29 is 4.79 Å². The summed E-state index contributed by atoms with van der Waals surface area (Å²) >= 11 is 1.83. The number of amides is 1. The fourth-order valence-electron chi connectivity index (χ4n) is 3.00. The Morgan fingerprint density at radius 1 is 1.38 bits per heavy atom. The Balaban J connectivity index is 1.91. The first-order valence-corrected chi connectivity index (χ1v) is 8.47. The highest BCUT2D eigenvalue weighted by atomic mass is 32.2. The van der Waals surface area contributed by atoms with Crippen molar-refractivity contribution in [2.24, 2.45) is 0 Å². The summed E-state index contributed by atoms with van der Waals surface area (Å²) in [6, 6.07) is 9.52. The third-order valence-corrected chi connectivity index (χ3v) is 5.22. The van der Waals surface area contributed by atoms with Gasteiger partial charge in [0.2, 0.25) is 0 Å². The molecule has 1 aromatic heterocycles. The van der Waals surface area contributed by atoms with E-state index >= 15 is 0 Å². The minimum Gasteiger partial charge on any atom is -0.384 e. The van der Waals surface area contributed by atoms with Gasteiger partial charge in [-0.05, 0) is 31.2 Å². The van der Waals surface area contributed by atoms with E-state index in [-0.39, 0.29) is 11.9 Å². The second kappa shape index (κ2) is 5.93. The summed E-state index contributed by atoms with van der Waals surface area (Å²) in [4.78, 5) is 16.9. The molecular formula is C16H19N3OS. The number of para-hydroxylation sites is 1. The van der Waals surface area contributed by atoms with Crippen LogP contribution < -0.4 is 11.1 Å². The largest absolute Gasteiger partial charge is 0.384 e. The van der Waals surface area contributed by atoms with Gasteiger partial charge in [0, 0.05) is 16.7 Å². The maximum atomic E-state index is 12.6. The summed E-state index contributed by atoms with van der Waals surface area (Å²) in [5.74, 6) is 0.331. The van der Waals surface area contributed by atoms with Gasteiger partial charge in [0.15, 0.2) is 0 Å². The van der Waals surface area contributed by atoms with Crippen molar-refractivity contribution in [1.29, 1.82) is 0 Å². The second-order valence-corrected chi connectivity index (χ2v) is 6.47. The zero-order chi connectivity index (χ0) is 14.8. The number of carbonyl (C=O) groups excluding carboxylic acids is 1. The van der Waals surface area contributed by atoms with Gasteiger partial charge in [-0.1, -0.05) is 24.6 Å². The lowest BCUT2D eigenvalue weighted by Crippen LogP contribution is -2.38. The van der Waals surface area contributed by atoms with Crippen LogP contribution in [-0.2, 0) is 0 Å². The number of fused-ring (bicyclic) bond motifs is 1. The van der Waals surface area contributed by atoms with Crippen LogP contribution in [0.4, 0.5) is 5.82 Å². The maximum Gasteiger partial charge on any atom is 0.252 e. The van der Waals surface area contributed by atoms with Gasteiger partial charge in [0.25, 0.3) is 5.91 Å². The quantitative estimate of drug-likeness (QED) is 0.914. The van der Waals surface area contributed by atoms with Crippen molar-refractivity contribution in [3.05, 3.63) is 35.9 Å². The number of nitrogens with one attached hydrogen (secondary N) is 1. The summed E-state index contributed by atoms with van der Waals surface area (Å²) < 4.78 is 0. The average molecular weight is 301 g/mol. The normalized spacial score (nSPS) is 21.6. The lowest BCUT2D eigenvalue weighted by atomic mass is 10.1. The van der Waals surface area contributed by atoms with Gasteiger partial charge in [0.05, 0.1) is 11.1 Å². The first kappa shape index (κ1) is 14.2. The molecule has 3 rings (SSSR count). The van der Waals surface area contributed by atoms with Crippen LogP contribution >= 0.6 is 11.8 Å². The molecule has 1 fully saturated rings. The molecule has 3 N–H and O–H groups in total. The number of rotatable bonds is 3. The van der Waals surface area contributed by atoms with Crippen molar-refractivity contribution in [3.8, 4) is 0 Å². The smallest absolute Gasteiger partial charge is 0.252 e. The Morgan fingerprint density at radius 2 is 2.19 bits per heavy atom. The van der Waals surface area contributed by atoms with Gasteiger partial charge >= 0.3 is 0 Å². The third-order valence-electron chi connectivity index (χ3n) is 4.05. The molecule has 2 atom stereocenters. The number of hydrogen-bond acceptors (Lipinski definition) is 4.